The maximum Gasteiger partial charge on any atom is 0.258 e. The van der Waals surface area contributed by atoms with Gasteiger partial charge in [0.1, 0.15) is 11.5 Å². The van der Waals surface area contributed by atoms with Gasteiger partial charge in [0.2, 0.25) is 0 Å². The third-order valence-corrected chi connectivity index (χ3v) is 4.25. The van der Waals surface area contributed by atoms with Crippen molar-refractivity contribution in [2.45, 2.75) is 33.2 Å². The number of aryl methyl sites for hydroxylation is 3. The number of hydrogen-bond acceptors (Lipinski definition) is 3. The Morgan fingerprint density at radius 3 is 2.67 bits per heavy atom. The van der Waals surface area contributed by atoms with Gasteiger partial charge in [-0.3, -0.25) is 4.79 Å². The minimum atomic E-state index is -0.115. The molecule has 2 aromatic rings. The predicted octanol–water partition coefficient (Wildman–Crippen LogP) is 3.63. The lowest BCUT2D eigenvalue weighted by atomic mass is 10.0. The first-order chi connectivity index (χ1) is 11.5. The average molecular weight is 325 g/mol. The molecule has 0 radical (unpaired) electrons. The third kappa shape index (κ3) is 3.53. The van der Waals surface area contributed by atoms with Crippen LogP contribution >= 0.6 is 0 Å². The largest absolute Gasteiger partial charge is 0.493 e. The molecule has 0 aromatic heterocycles. The molecule has 1 atom stereocenters. The maximum atomic E-state index is 12.3. The van der Waals surface area contributed by atoms with Crippen LogP contribution in [0.1, 0.15) is 34.7 Å². The fourth-order valence-electron chi connectivity index (χ4n) is 3.26. The Hall–Kier alpha value is -2.49. The standard InChI is InChI=1S/C20H23NO3/c1-13-10-14(2)20(15(3)11-13)24-12-19(22)21-17-8-9-23-18-7-5-4-6-16(17)18/h4-7,10-11,17H,8-9,12H2,1-3H3,(H,21,22). The number of amides is 1. The molecule has 2 aromatic carbocycles. The van der Waals surface area contributed by atoms with E-state index in [1.54, 1.807) is 0 Å². The van der Waals surface area contributed by atoms with Gasteiger partial charge in [0.05, 0.1) is 12.6 Å². The van der Waals surface area contributed by atoms with Crippen molar-refractivity contribution in [3.05, 3.63) is 58.7 Å². The van der Waals surface area contributed by atoms with Crippen molar-refractivity contribution in [2.75, 3.05) is 13.2 Å². The van der Waals surface area contributed by atoms with E-state index in [-0.39, 0.29) is 18.6 Å². The highest BCUT2D eigenvalue weighted by molar-refractivity contribution is 5.78. The van der Waals surface area contributed by atoms with E-state index in [0.717, 1.165) is 34.6 Å². The number of fused-ring (bicyclic) bond motifs is 1. The molecule has 3 rings (SSSR count). The van der Waals surface area contributed by atoms with E-state index in [1.807, 2.05) is 38.1 Å². The summed E-state index contributed by atoms with van der Waals surface area (Å²) in [5.41, 5.74) is 4.33. The molecule has 0 saturated carbocycles. The second-order valence-corrected chi connectivity index (χ2v) is 6.31. The molecule has 4 heteroatoms. The zero-order valence-electron chi connectivity index (χ0n) is 14.4. The SMILES string of the molecule is Cc1cc(C)c(OCC(=O)NC2CCOc3ccccc32)c(C)c1. The number of nitrogens with one attached hydrogen (secondary N) is 1. The van der Waals surface area contributed by atoms with Crippen molar-refractivity contribution < 1.29 is 14.3 Å². The number of hydrogen-bond donors (Lipinski definition) is 1. The number of para-hydroxylation sites is 1. The van der Waals surface area contributed by atoms with E-state index in [2.05, 4.69) is 24.4 Å². The zero-order valence-corrected chi connectivity index (χ0v) is 14.4. The second kappa shape index (κ2) is 6.95. The van der Waals surface area contributed by atoms with Gasteiger partial charge in [0.25, 0.3) is 5.91 Å². The Balaban J connectivity index is 1.63. The Labute approximate surface area is 142 Å². The van der Waals surface area contributed by atoms with Gasteiger partial charge in [0.15, 0.2) is 6.61 Å². The summed E-state index contributed by atoms with van der Waals surface area (Å²) in [5, 5.41) is 3.05. The van der Waals surface area contributed by atoms with Gasteiger partial charge in [-0.05, 0) is 38.0 Å². The molecule has 1 unspecified atom stereocenters. The molecule has 1 N–H and O–H groups in total. The van der Waals surface area contributed by atoms with Gasteiger partial charge in [0, 0.05) is 12.0 Å². The second-order valence-electron chi connectivity index (χ2n) is 6.31. The maximum absolute atomic E-state index is 12.3. The lowest BCUT2D eigenvalue weighted by molar-refractivity contribution is -0.124. The van der Waals surface area contributed by atoms with Gasteiger partial charge < -0.3 is 14.8 Å². The van der Waals surface area contributed by atoms with Crippen LogP contribution in [0.15, 0.2) is 36.4 Å². The zero-order chi connectivity index (χ0) is 17.1. The first-order valence-corrected chi connectivity index (χ1v) is 8.26. The van der Waals surface area contributed by atoms with Crippen LogP contribution in [0.4, 0.5) is 0 Å². The molecule has 1 aliphatic rings. The number of rotatable bonds is 4. The third-order valence-electron chi connectivity index (χ3n) is 4.25. The van der Waals surface area contributed by atoms with E-state index >= 15 is 0 Å². The summed E-state index contributed by atoms with van der Waals surface area (Å²) >= 11 is 0. The molecule has 0 aliphatic carbocycles. The number of carbonyl (C=O) groups excluding carboxylic acids is 1. The van der Waals surface area contributed by atoms with Crippen molar-refractivity contribution in [1.29, 1.82) is 0 Å². The van der Waals surface area contributed by atoms with Crippen LogP contribution in [0.2, 0.25) is 0 Å². The smallest absolute Gasteiger partial charge is 0.258 e. The fourth-order valence-corrected chi connectivity index (χ4v) is 3.26. The van der Waals surface area contributed by atoms with Crippen LogP contribution in [0.3, 0.4) is 0 Å². The molecule has 24 heavy (non-hydrogen) atoms. The molecule has 126 valence electrons. The molecule has 1 aliphatic heterocycles. The quantitative estimate of drug-likeness (QED) is 0.934. The summed E-state index contributed by atoms with van der Waals surface area (Å²) in [6.45, 7) is 6.69. The van der Waals surface area contributed by atoms with Crippen LogP contribution in [0.5, 0.6) is 11.5 Å². The normalized spacial score (nSPS) is 16.0. The summed E-state index contributed by atoms with van der Waals surface area (Å²) in [6, 6.07) is 11.9. The predicted molar refractivity (Wildman–Crippen MR) is 93.6 cm³/mol. The van der Waals surface area contributed by atoms with Gasteiger partial charge in [-0.15, -0.1) is 0 Å². The van der Waals surface area contributed by atoms with E-state index in [1.165, 1.54) is 5.56 Å². The summed E-state index contributed by atoms with van der Waals surface area (Å²) in [7, 11) is 0. The van der Waals surface area contributed by atoms with Gasteiger partial charge in [-0.1, -0.05) is 35.9 Å². The Morgan fingerprint density at radius 1 is 1.21 bits per heavy atom. The molecule has 4 nitrogen and oxygen atoms in total. The minimum absolute atomic E-state index is 0.0181. The molecular formula is C20H23NO3. The van der Waals surface area contributed by atoms with E-state index in [9.17, 15) is 4.79 Å². The highest BCUT2D eigenvalue weighted by Gasteiger charge is 2.22. The molecule has 0 spiro atoms. The van der Waals surface area contributed by atoms with Gasteiger partial charge in [-0.25, -0.2) is 0 Å². The Morgan fingerprint density at radius 2 is 1.92 bits per heavy atom. The van der Waals surface area contributed by atoms with Crippen molar-refractivity contribution >= 4 is 5.91 Å². The van der Waals surface area contributed by atoms with E-state index < -0.39 is 0 Å². The summed E-state index contributed by atoms with van der Waals surface area (Å²) in [6.07, 6.45) is 0.769. The van der Waals surface area contributed by atoms with Crippen LogP contribution < -0.4 is 14.8 Å². The van der Waals surface area contributed by atoms with Crippen molar-refractivity contribution in [1.82, 2.24) is 5.32 Å². The van der Waals surface area contributed by atoms with Crippen LogP contribution in [0, 0.1) is 20.8 Å². The van der Waals surface area contributed by atoms with Crippen molar-refractivity contribution in [2.24, 2.45) is 0 Å². The average Bonchev–Trinajstić information content (AvgIpc) is 2.54. The van der Waals surface area contributed by atoms with Crippen molar-refractivity contribution in [3.63, 3.8) is 0 Å². The fraction of sp³-hybridized carbons (Fsp3) is 0.350. The summed E-state index contributed by atoms with van der Waals surface area (Å²) < 4.78 is 11.4. The molecule has 0 saturated heterocycles. The van der Waals surface area contributed by atoms with Crippen LogP contribution in [0.25, 0.3) is 0 Å². The number of benzene rings is 2. The highest BCUT2D eigenvalue weighted by Crippen LogP contribution is 2.31. The van der Waals surface area contributed by atoms with Gasteiger partial charge >= 0.3 is 0 Å². The lowest BCUT2D eigenvalue weighted by Crippen LogP contribution is -2.35. The number of ether oxygens (including phenoxy) is 2. The van der Waals surface area contributed by atoms with E-state index in [0.29, 0.717) is 6.61 Å². The topological polar surface area (TPSA) is 47.6 Å². The molecular weight excluding hydrogens is 302 g/mol. The van der Waals surface area contributed by atoms with Crippen molar-refractivity contribution in [3.8, 4) is 11.5 Å². The monoisotopic (exact) mass is 325 g/mol. The Kier molecular flexibility index (Phi) is 4.74. The number of carbonyl (C=O) groups is 1. The van der Waals surface area contributed by atoms with Crippen LogP contribution in [-0.4, -0.2) is 19.1 Å². The first-order valence-electron chi connectivity index (χ1n) is 8.26. The highest BCUT2D eigenvalue weighted by atomic mass is 16.5. The molecule has 1 amide bonds. The van der Waals surface area contributed by atoms with E-state index in [4.69, 9.17) is 9.47 Å². The molecule has 0 fully saturated rings. The lowest BCUT2D eigenvalue weighted by Gasteiger charge is -2.26. The summed E-state index contributed by atoms with van der Waals surface area (Å²) in [5.74, 6) is 1.53. The molecule has 1 heterocycles. The minimum Gasteiger partial charge on any atom is -0.493 e. The first kappa shape index (κ1) is 16.4. The summed E-state index contributed by atoms with van der Waals surface area (Å²) in [4.78, 5) is 12.3. The van der Waals surface area contributed by atoms with Crippen LogP contribution in [-0.2, 0) is 4.79 Å². The Bertz CT molecular complexity index is 731. The molecule has 0 bridgehead atoms. The van der Waals surface area contributed by atoms with Gasteiger partial charge in [-0.2, -0.15) is 0 Å².